The molecule has 1 aromatic carbocycles. The SMILES string of the molecule is CC(C)(CCCl)NCc1ccc2c(c1)CCC2. The van der Waals surface area contributed by atoms with Crippen LogP contribution in [0.1, 0.15) is 43.4 Å². The number of nitrogens with one attached hydrogen (secondary N) is 1. The molecule has 0 radical (unpaired) electrons. The lowest BCUT2D eigenvalue weighted by molar-refractivity contribution is 0.376. The summed E-state index contributed by atoms with van der Waals surface area (Å²) in [6.45, 7) is 5.36. The molecule has 0 heterocycles. The molecular weight excluding hydrogens is 230 g/mol. The van der Waals surface area contributed by atoms with Crippen LogP contribution in [0.25, 0.3) is 0 Å². The maximum absolute atomic E-state index is 5.80. The Bertz CT molecular complexity index is 385. The monoisotopic (exact) mass is 251 g/mol. The van der Waals surface area contributed by atoms with Crippen molar-refractivity contribution in [1.82, 2.24) is 5.32 Å². The van der Waals surface area contributed by atoms with Gasteiger partial charge in [-0.05, 0) is 56.2 Å². The van der Waals surface area contributed by atoms with Gasteiger partial charge in [-0.15, -0.1) is 11.6 Å². The van der Waals surface area contributed by atoms with E-state index in [0.717, 1.165) is 13.0 Å². The van der Waals surface area contributed by atoms with Gasteiger partial charge in [-0.25, -0.2) is 0 Å². The Balaban J connectivity index is 1.95. The van der Waals surface area contributed by atoms with Crippen molar-refractivity contribution in [2.24, 2.45) is 0 Å². The first-order valence-corrected chi connectivity index (χ1v) is 7.06. The smallest absolute Gasteiger partial charge is 0.0240 e. The molecule has 0 aliphatic heterocycles. The highest BCUT2D eigenvalue weighted by atomic mass is 35.5. The second kappa shape index (κ2) is 5.41. The molecule has 0 spiro atoms. The van der Waals surface area contributed by atoms with E-state index in [-0.39, 0.29) is 5.54 Å². The molecule has 0 saturated heterocycles. The number of aryl methyl sites for hydroxylation is 2. The summed E-state index contributed by atoms with van der Waals surface area (Å²) in [7, 11) is 0. The molecule has 0 atom stereocenters. The molecule has 94 valence electrons. The summed E-state index contributed by atoms with van der Waals surface area (Å²) in [5, 5.41) is 3.58. The first-order chi connectivity index (χ1) is 8.11. The minimum atomic E-state index is 0.126. The normalized spacial score (nSPS) is 15.0. The number of hydrogen-bond donors (Lipinski definition) is 1. The average molecular weight is 252 g/mol. The maximum Gasteiger partial charge on any atom is 0.0240 e. The van der Waals surface area contributed by atoms with Crippen LogP contribution in [0.4, 0.5) is 0 Å². The molecule has 2 heteroatoms. The summed E-state index contributed by atoms with van der Waals surface area (Å²) in [5.74, 6) is 0.712. The van der Waals surface area contributed by atoms with E-state index in [1.165, 1.54) is 24.8 Å². The molecule has 2 rings (SSSR count). The van der Waals surface area contributed by atoms with Crippen molar-refractivity contribution < 1.29 is 0 Å². The Morgan fingerprint density at radius 1 is 1.24 bits per heavy atom. The van der Waals surface area contributed by atoms with Crippen molar-refractivity contribution in [3.05, 3.63) is 34.9 Å². The zero-order valence-electron chi connectivity index (χ0n) is 10.9. The standard InChI is InChI=1S/C15H22ClN/c1-15(2,8-9-16)17-11-12-6-7-13-4-3-5-14(13)10-12/h6-7,10,17H,3-5,8-9,11H2,1-2H3. The molecule has 0 bridgehead atoms. The van der Waals surface area contributed by atoms with Crippen LogP contribution in [0.3, 0.4) is 0 Å². The first-order valence-electron chi connectivity index (χ1n) is 6.52. The van der Waals surface area contributed by atoms with Gasteiger partial charge in [-0.3, -0.25) is 0 Å². The van der Waals surface area contributed by atoms with Gasteiger partial charge < -0.3 is 5.32 Å². The molecule has 1 N–H and O–H groups in total. The summed E-state index contributed by atoms with van der Waals surface area (Å²) in [4.78, 5) is 0. The van der Waals surface area contributed by atoms with Crippen LogP contribution in [-0.4, -0.2) is 11.4 Å². The summed E-state index contributed by atoms with van der Waals surface area (Å²) in [5.41, 5.74) is 4.63. The molecule has 0 aromatic heterocycles. The van der Waals surface area contributed by atoms with Crippen molar-refractivity contribution >= 4 is 11.6 Å². The number of benzene rings is 1. The quantitative estimate of drug-likeness (QED) is 0.788. The van der Waals surface area contributed by atoms with E-state index in [1.807, 2.05) is 0 Å². The Kier molecular flexibility index (Phi) is 4.11. The number of hydrogen-bond acceptors (Lipinski definition) is 1. The Morgan fingerprint density at radius 3 is 2.76 bits per heavy atom. The Morgan fingerprint density at radius 2 is 2.00 bits per heavy atom. The van der Waals surface area contributed by atoms with Crippen molar-refractivity contribution in [2.75, 3.05) is 5.88 Å². The van der Waals surface area contributed by atoms with Crippen LogP contribution < -0.4 is 5.32 Å². The summed E-state index contributed by atoms with van der Waals surface area (Å²) in [6.07, 6.45) is 4.85. The third kappa shape index (κ3) is 3.46. The van der Waals surface area contributed by atoms with Gasteiger partial charge in [-0.2, -0.15) is 0 Å². The molecule has 1 aliphatic rings. The molecule has 0 fully saturated rings. The van der Waals surface area contributed by atoms with E-state index in [1.54, 1.807) is 11.1 Å². The van der Waals surface area contributed by atoms with Gasteiger partial charge in [0.2, 0.25) is 0 Å². The lowest BCUT2D eigenvalue weighted by Crippen LogP contribution is -2.39. The van der Waals surface area contributed by atoms with E-state index in [9.17, 15) is 0 Å². The third-order valence-electron chi connectivity index (χ3n) is 3.65. The molecule has 0 unspecified atom stereocenters. The van der Waals surface area contributed by atoms with Crippen molar-refractivity contribution in [3.8, 4) is 0 Å². The molecular formula is C15H22ClN. The van der Waals surface area contributed by atoms with Crippen LogP contribution >= 0.6 is 11.6 Å². The van der Waals surface area contributed by atoms with Crippen molar-refractivity contribution in [1.29, 1.82) is 0 Å². The minimum absolute atomic E-state index is 0.126. The highest BCUT2D eigenvalue weighted by molar-refractivity contribution is 6.17. The highest BCUT2D eigenvalue weighted by Gasteiger charge is 2.16. The Hall–Kier alpha value is -0.530. The first kappa shape index (κ1) is 12.9. The van der Waals surface area contributed by atoms with Crippen LogP contribution in [0.2, 0.25) is 0 Å². The summed E-state index contributed by atoms with van der Waals surface area (Å²) >= 11 is 5.80. The second-order valence-electron chi connectivity index (χ2n) is 5.63. The number of halogens is 1. The fourth-order valence-electron chi connectivity index (χ4n) is 2.40. The molecule has 1 aromatic rings. The van der Waals surface area contributed by atoms with E-state index in [0.29, 0.717) is 5.88 Å². The maximum atomic E-state index is 5.80. The van der Waals surface area contributed by atoms with Gasteiger partial charge in [0.15, 0.2) is 0 Å². The fourth-order valence-corrected chi connectivity index (χ4v) is 2.87. The van der Waals surface area contributed by atoms with E-state index in [4.69, 9.17) is 11.6 Å². The zero-order chi connectivity index (χ0) is 12.3. The summed E-state index contributed by atoms with van der Waals surface area (Å²) in [6, 6.07) is 6.92. The predicted molar refractivity (Wildman–Crippen MR) is 74.7 cm³/mol. The molecule has 1 nitrogen and oxygen atoms in total. The second-order valence-corrected chi connectivity index (χ2v) is 6.01. The van der Waals surface area contributed by atoms with Gasteiger partial charge in [-0.1, -0.05) is 18.2 Å². The van der Waals surface area contributed by atoms with Gasteiger partial charge in [0.25, 0.3) is 0 Å². The number of alkyl halides is 1. The van der Waals surface area contributed by atoms with Gasteiger partial charge >= 0.3 is 0 Å². The lowest BCUT2D eigenvalue weighted by atomic mass is 10.0. The van der Waals surface area contributed by atoms with Crippen LogP contribution in [0, 0.1) is 0 Å². The minimum Gasteiger partial charge on any atom is -0.308 e. The summed E-state index contributed by atoms with van der Waals surface area (Å²) < 4.78 is 0. The Labute approximate surface area is 110 Å². The van der Waals surface area contributed by atoms with Crippen LogP contribution in [0.15, 0.2) is 18.2 Å². The largest absolute Gasteiger partial charge is 0.308 e. The topological polar surface area (TPSA) is 12.0 Å². The predicted octanol–water partition coefficient (Wildman–Crippen LogP) is 3.67. The van der Waals surface area contributed by atoms with Gasteiger partial charge in [0.05, 0.1) is 0 Å². The molecule has 1 aliphatic carbocycles. The number of rotatable bonds is 5. The zero-order valence-corrected chi connectivity index (χ0v) is 11.6. The third-order valence-corrected chi connectivity index (χ3v) is 3.84. The molecule has 17 heavy (non-hydrogen) atoms. The van der Waals surface area contributed by atoms with Gasteiger partial charge in [0, 0.05) is 18.0 Å². The van der Waals surface area contributed by atoms with E-state index < -0.39 is 0 Å². The van der Waals surface area contributed by atoms with Gasteiger partial charge in [0.1, 0.15) is 0 Å². The molecule has 0 saturated carbocycles. The van der Waals surface area contributed by atoms with Crippen molar-refractivity contribution in [2.45, 2.75) is 51.6 Å². The lowest BCUT2D eigenvalue weighted by Gasteiger charge is -2.25. The van der Waals surface area contributed by atoms with Crippen LogP contribution in [-0.2, 0) is 19.4 Å². The van der Waals surface area contributed by atoms with E-state index in [2.05, 4.69) is 37.4 Å². The fraction of sp³-hybridized carbons (Fsp3) is 0.600. The van der Waals surface area contributed by atoms with E-state index >= 15 is 0 Å². The average Bonchev–Trinajstić information content (AvgIpc) is 2.73. The van der Waals surface area contributed by atoms with Crippen LogP contribution in [0.5, 0.6) is 0 Å². The number of fused-ring (bicyclic) bond motifs is 1. The highest BCUT2D eigenvalue weighted by Crippen LogP contribution is 2.23. The van der Waals surface area contributed by atoms with Crippen molar-refractivity contribution in [3.63, 3.8) is 0 Å². The molecule has 0 amide bonds.